The highest BCUT2D eigenvalue weighted by Crippen LogP contribution is 2.28. The predicted octanol–water partition coefficient (Wildman–Crippen LogP) is 1.95. The van der Waals surface area contributed by atoms with E-state index in [1.54, 1.807) is 18.6 Å². The zero-order valence-electron chi connectivity index (χ0n) is 11.7. The maximum Gasteiger partial charge on any atom is 0.255 e. The van der Waals surface area contributed by atoms with E-state index in [1.807, 2.05) is 10.8 Å². The summed E-state index contributed by atoms with van der Waals surface area (Å²) in [5.74, 6) is 0.170. The van der Waals surface area contributed by atoms with Crippen LogP contribution in [0.25, 0.3) is 0 Å². The van der Waals surface area contributed by atoms with Gasteiger partial charge in [0.05, 0.1) is 29.7 Å². The number of ether oxygens (including phenoxy) is 1. The van der Waals surface area contributed by atoms with E-state index in [9.17, 15) is 4.79 Å². The van der Waals surface area contributed by atoms with E-state index in [0.29, 0.717) is 28.6 Å². The monoisotopic (exact) mass is 308 g/mol. The lowest BCUT2D eigenvalue weighted by Crippen LogP contribution is -2.25. The van der Waals surface area contributed by atoms with E-state index in [-0.39, 0.29) is 5.91 Å². The highest BCUT2D eigenvalue weighted by Gasteiger charge is 2.14. The topological polar surface area (TPSA) is 82.2 Å². The number of benzene rings is 1. The molecule has 1 amide bonds. The van der Waals surface area contributed by atoms with Crippen LogP contribution in [0.4, 0.5) is 5.69 Å². The van der Waals surface area contributed by atoms with E-state index in [2.05, 4.69) is 10.3 Å². The number of aryl methyl sites for hydroxylation is 1. The number of carbonyl (C=O) groups is 1. The molecule has 0 aliphatic carbocycles. The molecule has 0 fully saturated rings. The molecule has 0 spiro atoms. The van der Waals surface area contributed by atoms with Crippen LogP contribution in [0, 0.1) is 0 Å². The number of anilines is 1. The van der Waals surface area contributed by atoms with Gasteiger partial charge in [-0.15, -0.1) is 0 Å². The number of nitrogen functional groups attached to an aromatic ring is 1. The van der Waals surface area contributed by atoms with Crippen LogP contribution in [-0.4, -0.2) is 29.1 Å². The second kappa shape index (κ2) is 6.99. The first-order chi connectivity index (χ1) is 10.1. The lowest BCUT2D eigenvalue weighted by atomic mass is 10.1. The van der Waals surface area contributed by atoms with E-state index in [4.69, 9.17) is 22.1 Å². The molecule has 0 atom stereocenters. The minimum atomic E-state index is -0.237. The van der Waals surface area contributed by atoms with Crippen molar-refractivity contribution >= 4 is 23.2 Å². The van der Waals surface area contributed by atoms with E-state index in [0.717, 1.165) is 13.0 Å². The van der Waals surface area contributed by atoms with Crippen molar-refractivity contribution in [2.24, 2.45) is 0 Å². The lowest BCUT2D eigenvalue weighted by molar-refractivity contribution is 0.0949. The molecule has 1 heterocycles. The average molecular weight is 309 g/mol. The normalized spacial score (nSPS) is 10.4. The predicted molar refractivity (Wildman–Crippen MR) is 81.6 cm³/mol. The van der Waals surface area contributed by atoms with Gasteiger partial charge in [-0.1, -0.05) is 11.6 Å². The quantitative estimate of drug-likeness (QED) is 0.631. The van der Waals surface area contributed by atoms with Crippen LogP contribution in [0.1, 0.15) is 16.8 Å². The molecular weight excluding hydrogens is 292 g/mol. The maximum atomic E-state index is 12.1. The van der Waals surface area contributed by atoms with Crippen LogP contribution in [0.15, 0.2) is 30.9 Å². The van der Waals surface area contributed by atoms with Crippen molar-refractivity contribution in [3.05, 3.63) is 41.4 Å². The fourth-order valence-electron chi connectivity index (χ4n) is 1.89. The summed E-state index contributed by atoms with van der Waals surface area (Å²) in [6, 6.07) is 3.06. The molecule has 2 rings (SSSR count). The van der Waals surface area contributed by atoms with Crippen LogP contribution >= 0.6 is 11.6 Å². The summed E-state index contributed by atoms with van der Waals surface area (Å²) < 4.78 is 7.11. The zero-order chi connectivity index (χ0) is 15.2. The molecule has 0 saturated heterocycles. The molecule has 3 N–H and O–H groups in total. The lowest BCUT2D eigenvalue weighted by Gasteiger charge is -2.11. The number of hydrogen-bond donors (Lipinski definition) is 2. The van der Waals surface area contributed by atoms with Crippen LogP contribution in [0.3, 0.4) is 0 Å². The summed E-state index contributed by atoms with van der Waals surface area (Å²) >= 11 is 5.94. The fraction of sp³-hybridized carbons (Fsp3) is 0.286. The molecule has 0 aliphatic rings. The second-order valence-corrected chi connectivity index (χ2v) is 4.89. The Morgan fingerprint density at radius 2 is 2.33 bits per heavy atom. The zero-order valence-corrected chi connectivity index (χ0v) is 12.4. The summed E-state index contributed by atoms with van der Waals surface area (Å²) in [4.78, 5) is 16.1. The molecule has 1 aromatic heterocycles. The maximum absolute atomic E-state index is 12.1. The van der Waals surface area contributed by atoms with Crippen molar-refractivity contribution in [3.8, 4) is 5.75 Å². The molecule has 2 aromatic rings. The SMILES string of the molecule is COc1cc(N)c(Cl)cc1C(=O)NCCCn1ccnc1. The number of nitrogens with one attached hydrogen (secondary N) is 1. The summed E-state index contributed by atoms with van der Waals surface area (Å²) in [6.07, 6.45) is 6.14. The first-order valence-electron chi connectivity index (χ1n) is 6.48. The highest BCUT2D eigenvalue weighted by atomic mass is 35.5. The molecule has 0 aliphatic heterocycles. The Balaban J connectivity index is 1.92. The second-order valence-electron chi connectivity index (χ2n) is 4.48. The average Bonchev–Trinajstić information content (AvgIpc) is 2.99. The molecule has 0 saturated carbocycles. The smallest absolute Gasteiger partial charge is 0.255 e. The molecule has 6 nitrogen and oxygen atoms in total. The van der Waals surface area contributed by atoms with Gasteiger partial charge in [0.2, 0.25) is 0 Å². The number of carbonyl (C=O) groups excluding carboxylic acids is 1. The van der Waals surface area contributed by atoms with Gasteiger partial charge in [-0.05, 0) is 12.5 Å². The Kier molecular flexibility index (Phi) is 5.05. The van der Waals surface area contributed by atoms with Gasteiger partial charge in [-0.2, -0.15) is 0 Å². The Morgan fingerprint density at radius 3 is 3.00 bits per heavy atom. The molecule has 1 aromatic carbocycles. The highest BCUT2D eigenvalue weighted by molar-refractivity contribution is 6.33. The fourth-order valence-corrected chi connectivity index (χ4v) is 2.06. The van der Waals surface area contributed by atoms with Crippen LogP contribution in [0.5, 0.6) is 5.75 Å². The van der Waals surface area contributed by atoms with Gasteiger partial charge in [0.25, 0.3) is 5.91 Å². The molecular formula is C14H17ClN4O2. The third-order valence-electron chi connectivity index (χ3n) is 3.00. The van der Waals surface area contributed by atoms with Crippen molar-refractivity contribution in [2.75, 3.05) is 19.4 Å². The van der Waals surface area contributed by atoms with Gasteiger partial charge in [-0.25, -0.2) is 4.98 Å². The van der Waals surface area contributed by atoms with Crippen molar-refractivity contribution in [2.45, 2.75) is 13.0 Å². The minimum Gasteiger partial charge on any atom is -0.496 e. The number of hydrogen-bond acceptors (Lipinski definition) is 4. The number of methoxy groups -OCH3 is 1. The van der Waals surface area contributed by atoms with Gasteiger partial charge >= 0.3 is 0 Å². The first-order valence-corrected chi connectivity index (χ1v) is 6.86. The van der Waals surface area contributed by atoms with Crippen molar-refractivity contribution < 1.29 is 9.53 Å². The van der Waals surface area contributed by atoms with Gasteiger partial charge in [0, 0.05) is 31.5 Å². The van der Waals surface area contributed by atoms with Crippen LogP contribution in [-0.2, 0) is 6.54 Å². The van der Waals surface area contributed by atoms with Crippen molar-refractivity contribution in [3.63, 3.8) is 0 Å². The number of nitrogens with zero attached hydrogens (tertiary/aromatic N) is 2. The Labute approximate surface area is 127 Å². The molecule has 7 heteroatoms. The number of aromatic nitrogens is 2. The summed E-state index contributed by atoms with van der Waals surface area (Å²) in [5.41, 5.74) is 6.44. The van der Waals surface area contributed by atoms with Gasteiger partial charge < -0.3 is 20.4 Å². The van der Waals surface area contributed by atoms with Crippen LogP contribution < -0.4 is 15.8 Å². The van der Waals surface area contributed by atoms with Gasteiger partial charge in [-0.3, -0.25) is 4.79 Å². The van der Waals surface area contributed by atoms with Crippen molar-refractivity contribution in [1.29, 1.82) is 0 Å². The molecule has 112 valence electrons. The van der Waals surface area contributed by atoms with Crippen molar-refractivity contribution in [1.82, 2.24) is 14.9 Å². The Hall–Kier alpha value is -2.21. The molecule has 0 radical (unpaired) electrons. The van der Waals surface area contributed by atoms with E-state index in [1.165, 1.54) is 13.2 Å². The van der Waals surface area contributed by atoms with Gasteiger partial charge in [0.15, 0.2) is 0 Å². The molecule has 0 unspecified atom stereocenters. The first kappa shape index (κ1) is 15.2. The summed E-state index contributed by atoms with van der Waals surface area (Å²) in [6.45, 7) is 1.34. The molecule has 0 bridgehead atoms. The largest absolute Gasteiger partial charge is 0.496 e. The number of halogens is 1. The summed E-state index contributed by atoms with van der Waals surface area (Å²) in [7, 11) is 1.48. The minimum absolute atomic E-state index is 0.237. The third kappa shape index (κ3) is 3.88. The standard InChI is InChI=1S/C14H17ClN4O2/c1-21-13-8-12(16)11(15)7-10(13)14(20)18-3-2-5-19-6-4-17-9-19/h4,6-9H,2-3,5,16H2,1H3,(H,18,20). The number of imidazole rings is 1. The Morgan fingerprint density at radius 1 is 1.52 bits per heavy atom. The molecule has 21 heavy (non-hydrogen) atoms. The Bertz CT molecular complexity index is 614. The van der Waals surface area contributed by atoms with Crippen LogP contribution in [0.2, 0.25) is 5.02 Å². The van der Waals surface area contributed by atoms with Gasteiger partial charge in [0.1, 0.15) is 5.75 Å². The number of rotatable bonds is 6. The van der Waals surface area contributed by atoms with E-state index >= 15 is 0 Å². The van der Waals surface area contributed by atoms with E-state index < -0.39 is 0 Å². The third-order valence-corrected chi connectivity index (χ3v) is 3.33. The number of nitrogens with two attached hydrogens (primary N) is 1. The number of amides is 1. The summed E-state index contributed by atoms with van der Waals surface area (Å²) in [5, 5.41) is 3.16.